The molecule has 2 aliphatic heterocycles. The molecule has 0 N–H and O–H groups in total. The van der Waals surface area contributed by atoms with E-state index in [4.69, 9.17) is 0 Å². The Kier molecular flexibility index (Phi) is 4.89. The lowest BCUT2D eigenvalue weighted by molar-refractivity contribution is 2.38. The van der Waals surface area contributed by atoms with E-state index in [-0.39, 0.29) is 24.0 Å². The molecule has 0 fully saturated rings. The number of thioether (sulfide) groups is 4. The van der Waals surface area contributed by atoms with E-state index in [9.17, 15) is 0 Å². The minimum atomic E-state index is 0. The van der Waals surface area contributed by atoms with Crippen molar-refractivity contribution in [2.45, 2.75) is 0 Å². The number of rotatable bonds is 0. The van der Waals surface area contributed by atoms with Gasteiger partial charge in [-0.2, -0.15) is 0 Å². The van der Waals surface area contributed by atoms with Crippen LogP contribution in [0.3, 0.4) is 0 Å². The first-order valence-corrected chi connectivity index (χ1v) is 6.19. The summed E-state index contributed by atoms with van der Waals surface area (Å²) in [4.78, 5) is 0. The molecule has 0 unspecified atom stereocenters. The van der Waals surface area contributed by atoms with Gasteiger partial charge in [-0.3, -0.25) is 0 Å². The third-order valence-electron chi connectivity index (χ3n) is 0.978. The molecule has 0 bridgehead atoms. The Morgan fingerprint density at radius 1 is 0.636 bits per heavy atom. The van der Waals surface area contributed by atoms with Crippen LogP contribution < -0.4 is 0 Å². The summed E-state index contributed by atoms with van der Waals surface area (Å²) >= 11 is 7.28. The molecule has 0 nitrogen and oxygen atoms in total. The van der Waals surface area contributed by atoms with Gasteiger partial charge in [0, 0.05) is 0 Å². The van der Waals surface area contributed by atoms with Crippen molar-refractivity contribution < 1.29 is 0 Å². The molecule has 0 aromatic heterocycles. The van der Waals surface area contributed by atoms with E-state index < -0.39 is 0 Å². The normalized spacial score (nSPS) is 21.1. The zero-order valence-corrected chi connectivity index (χ0v) is 10.9. The van der Waals surface area contributed by atoms with Crippen LogP contribution in [-0.2, 0) is 0 Å². The van der Waals surface area contributed by atoms with E-state index in [0.29, 0.717) is 0 Å². The number of hydrogen-bond donors (Lipinski definition) is 0. The van der Waals surface area contributed by atoms with Gasteiger partial charge in [-0.05, 0) is 21.6 Å². The van der Waals surface area contributed by atoms with Crippen molar-refractivity contribution in [2.24, 2.45) is 0 Å². The Labute approximate surface area is 100 Å². The van der Waals surface area contributed by atoms with Gasteiger partial charge < -0.3 is 0 Å². The van der Waals surface area contributed by atoms with Gasteiger partial charge in [0.1, 0.15) is 0 Å². The molecular formula is C6H5IS4. The maximum absolute atomic E-state index is 2.13. The SMILES string of the molecule is C1=CSC(=C2SC=CS2)S1.I. The van der Waals surface area contributed by atoms with E-state index in [0.717, 1.165) is 0 Å². The molecule has 0 aliphatic carbocycles. The lowest BCUT2D eigenvalue weighted by Crippen LogP contribution is -1.62. The van der Waals surface area contributed by atoms with E-state index >= 15 is 0 Å². The fraction of sp³-hybridized carbons (Fsp3) is 0. The summed E-state index contributed by atoms with van der Waals surface area (Å²) in [6, 6.07) is 0. The third kappa shape index (κ3) is 2.65. The van der Waals surface area contributed by atoms with Crippen molar-refractivity contribution >= 4 is 71.0 Å². The fourth-order valence-electron chi connectivity index (χ4n) is 0.606. The Hall–Kier alpha value is 1.35. The Bertz CT molecular complexity index is 187. The summed E-state index contributed by atoms with van der Waals surface area (Å²) in [6.45, 7) is 0. The Morgan fingerprint density at radius 3 is 1.18 bits per heavy atom. The highest BCUT2D eigenvalue weighted by Gasteiger charge is 2.12. The van der Waals surface area contributed by atoms with Gasteiger partial charge >= 0.3 is 0 Å². The summed E-state index contributed by atoms with van der Waals surface area (Å²) < 4.78 is 2.86. The van der Waals surface area contributed by atoms with Crippen LogP contribution in [0.15, 0.2) is 30.1 Å². The van der Waals surface area contributed by atoms with Crippen molar-refractivity contribution in [3.05, 3.63) is 30.1 Å². The second kappa shape index (κ2) is 5.16. The zero-order chi connectivity index (χ0) is 6.81. The fourth-order valence-corrected chi connectivity index (χ4v) is 4.64. The summed E-state index contributed by atoms with van der Waals surface area (Å²) in [5.41, 5.74) is 0. The zero-order valence-electron chi connectivity index (χ0n) is 5.35. The van der Waals surface area contributed by atoms with Gasteiger partial charge in [-0.1, -0.05) is 47.0 Å². The molecule has 0 aromatic rings. The molecule has 0 amide bonds. The van der Waals surface area contributed by atoms with E-state index in [1.165, 1.54) is 8.47 Å². The van der Waals surface area contributed by atoms with E-state index in [1.54, 1.807) is 0 Å². The summed E-state index contributed by atoms with van der Waals surface area (Å²) in [6.07, 6.45) is 0. The standard InChI is InChI=1S/C6H4S4.HI/c1-2-8-5(7-1)6-9-3-4-10-6;/h1-4H;1H. The maximum atomic E-state index is 2.13. The first-order valence-electron chi connectivity index (χ1n) is 2.68. The van der Waals surface area contributed by atoms with Crippen LogP contribution in [0.25, 0.3) is 0 Å². The molecule has 2 heterocycles. The van der Waals surface area contributed by atoms with Crippen molar-refractivity contribution in [3.8, 4) is 0 Å². The first kappa shape index (κ1) is 10.4. The smallest absolute Gasteiger partial charge is 0.0694 e. The van der Waals surface area contributed by atoms with Crippen molar-refractivity contribution in [1.82, 2.24) is 0 Å². The maximum Gasteiger partial charge on any atom is 0.0694 e. The minimum absolute atomic E-state index is 0. The number of halogens is 1. The molecule has 0 atom stereocenters. The molecule has 2 rings (SSSR count). The van der Waals surface area contributed by atoms with Gasteiger partial charge in [0.15, 0.2) is 0 Å². The van der Waals surface area contributed by atoms with Crippen molar-refractivity contribution in [3.63, 3.8) is 0 Å². The van der Waals surface area contributed by atoms with Crippen LogP contribution in [0.1, 0.15) is 0 Å². The lowest BCUT2D eigenvalue weighted by atomic mass is 11.2. The highest BCUT2D eigenvalue weighted by molar-refractivity contribution is 14.0. The highest BCUT2D eigenvalue weighted by Crippen LogP contribution is 2.50. The summed E-state index contributed by atoms with van der Waals surface area (Å²) in [5.74, 6) is 0. The van der Waals surface area contributed by atoms with Gasteiger partial charge in [-0.25, -0.2) is 0 Å². The van der Waals surface area contributed by atoms with Crippen LogP contribution >= 0.6 is 71.0 Å². The Morgan fingerprint density at radius 2 is 0.909 bits per heavy atom. The Balaban J connectivity index is 0.000000605. The summed E-state index contributed by atoms with van der Waals surface area (Å²) in [5, 5.41) is 8.53. The lowest BCUT2D eigenvalue weighted by Gasteiger charge is -1.97. The van der Waals surface area contributed by atoms with Gasteiger partial charge in [-0.15, -0.1) is 24.0 Å². The van der Waals surface area contributed by atoms with Crippen molar-refractivity contribution in [2.75, 3.05) is 0 Å². The third-order valence-corrected chi connectivity index (χ3v) is 5.76. The molecule has 0 radical (unpaired) electrons. The highest BCUT2D eigenvalue weighted by atomic mass is 127. The first-order chi connectivity index (χ1) is 4.97. The average Bonchev–Trinajstić information content (AvgIpc) is 2.59. The molecule has 60 valence electrons. The molecule has 0 spiro atoms. The van der Waals surface area contributed by atoms with Crippen LogP contribution in [0.5, 0.6) is 0 Å². The molecule has 0 saturated heterocycles. The van der Waals surface area contributed by atoms with Crippen molar-refractivity contribution in [1.29, 1.82) is 0 Å². The van der Waals surface area contributed by atoms with E-state index in [2.05, 4.69) is 21.6 Å². The topological polar surface area (TPSA) is 0 Å². The summed E-state index contributed by atoms with van der Waals surface area (Å²) in [7, 11) is 0. The molecular weight excluding hydrogens is 327 g/mol. The average molecular weight is 332 g/mol. The number of hydrogen-bond acceptors (Lipinski definition) is 4. The van der Waals surface area contributed by atoms with Crippen LogP contribution in [0.2, 0.25) is 0 Å². The quantitative estimate of drug-likeness (QED) is 0.593. The largest absolute Gasteiger partial charge is 0.107 e. The van der Waals surface area contributed by atoms with E-state index in [1.807, 2.05) is 47.0 Å². The monoisotopic (exact) mass is 332 g/mol. The van der Waals surface area contributed by atoms with Crippen LogP contribution in [-0.4, -0.2) is 0 Å². The van der Waals surface area contributed by atoms with Gasteiger partial charge in [0.05, 0.1) is 8.47 Å². The minimum Gasteiger partial charge on any atom is -0.107 e. The predicted octanol–water partition coefficient (Wildman–Crippen LogP) is 4.63. The predicted molar refractivity (Wildman–Crippen MR) is 71.1 cm³/mol. The molecule has 11 heavy (non-hydrogen) atoms. The second-order valence-corrected chi connectivity index (χ2v) is 5.77. The molecule has 2 aliphatic rings. The van der Waals surface area contributed by atoms with Gasteiger partial charge in [0.25, 0.3) is 0 Å². The molecule has 0 saturated carbocycles. The molecule has 0 aromatic carbocycles. The van der Waals surface area contributed by atoms with Gasteiger partial charge in [0.2, 0.25) is 0 Å². The van der Waals surface area contributed by atoms with Crippen LogP contribution in [0, 0.1) is 0 Å². The molecule has 5 heteroatoms. The van der Waals surface area contributed by atoms with Crippen LogP contribution in [0.4, 0.5) is 0 Å². The second-order valence-electron chi connectivity index (χ2n) is 1.59.